The van der Waals surface area contributed by atoms with Gasteiger partial charge in [-0.15, -0.1) is 0 Å². The number of aromatic nitrogens is 2. The molecule has 2 fully saturated rings. The van der Waals surface area contributed by atoms with Crippen molar-refractivity contribution in [3.05, 3.63) is 36.5 Å². The Labute approximate surface area is 129 Å². The first-order valence-electron chi connectivity index (χ1n) is 7.72. The van der Waals surface area contributed by atoms with Crippen LogP contribution in [0.1, 0.15) is 18.6 Å². The summed E-state index contributed by atoms with van der Waals surface area (Å²) in [6.07, 6.45) is 7.24. The highest BCUT2D eigenvalue weighted by Gasteiger charge is 2.51. The van der Waals surface area contributed by atoms with Crippen molar-refractivity contribution in [3.8, 4) is 0 Å². The SMILES string of the molecule is Cn1cc(N2CC[C@]3(CCN(Cc4ccco4)C3)C2=O)cn1. The second-order valence-electron chi connectivity index (χ2n) is 6.40. The van der Waals surface area contributed by atoms with Crippen LogP contribution in [-0.4, -0.2) is 40.2 Å². The van der Waals surface area contributed by atoms with E-state index in [0.29, 0.717) is 0 Å². The van der Waals surface area contributed by atoms with Gasteiger partial charge in [-0.2, -0.15) is 5.10 Å². The predicted molar refractivity (Wildman–Crippen MR) is 81.2 cm³/mol. The van der Waals surface area contributed by atoms with Gasteiger partial charge in [0.25, 0.3) is 0 Å². The molecule has 0 radical (unpaired) electrons. The monoisotopic (exact) mass is 300 g/mol. The molecule has 4 rings (SSSR count). The van der Waals surface area contributed by atoms with E-state index in [1.165, 1.54) is 0 Å². The van der Waals surface area contributed by atoms with E-state index in [-0.39, 0.29) is 11.3 Å². The molecule has 2 aliphatic rings. The molecule has 6 heteroatoms. The maximum absolute atomic E-state index is 12.9. The van der Waals surface area contributed by atoms with E-state index < -0.39 is 0 Å². The third-order valence-electron chi connectivity index (χ3n) is 4.91. The lowest BCUT2D eigenvalue weighted by atomic mass is 9.85. The van der Waals surface area contributed by atoms with Crippen LogP contribution in [0.5, 0.6) is 0 Å². The Morgan fingerprint density at radius 1 is 1.36 bits per heavy atom. The van der Waals surface area contributed by atoms with Crippen LogP contribution in [0.25, 0.3) is 0 Å². The fourth-order valence-corrected chi connectivity index (χ4v) is 3.71. The minimum absolute atomic E-state index is 0.220. The summed E-state index contributed by atoms with van der Waals surface area (Å²) in [5.74, 6) is 1.22. The fourth-order valence-electron chi connectivity index (χ4n) is 3.71. The van der Waals surface area contributed by atoms with E-state index in [1.54, 1.807) is 17.1 Å². The standard InChI is InChI=1S/C16H20N4O2/c1-18-10-13(9-17-18)20-7-5-16(15(20)21)4-6-19(12-16)11-14-3-2-8-22-14/h2-3,8-10H,4-7,11-12H2,1H3/t16-/m0/s1. The Balaban J connectivity index is 1.48. The molecule has 22 heavy (non-hydrogen) atoms. The molecule has 0 saturated carbocycles. The molecule has 0 aromatic carbocycles. The van der Waals surface area contributed by atoms with Crippen molar-refractivity contribution < 1.29 is 9.21 Å². The van der Waals surface area contributed by atoms with Gasteiger partial charge in [0, 0.05) is 26.3 Å². The summed E-state index contributed by atoms with van der Waals surface area (Å²) in [5, 5.41) is 4.18. The summed E-state index contributed by atoms with van der Waals surface area (Å²) >= 11 is 0. The fraction of sp³-hybridized carbons (Fsp3) is 0.500. The van der Waals surface area contributed by atoms with Gasteiger partial charge < -0.3 is 9.32 Å². The topological polar surface area (TPSA) is 54.5 Å². The molecule has 0 unspecified atom stereocenters. The van der Waals surface area contributed by atoms with Crippen LogP contribution in [0.4, 0.5) is 5.69 Å². The number of anilines is 1. The number of likely N-dealkylation sites (tertiary alicyclic amines) is 1. The largest absolute Gasteiger partial charge is 0.468 e. The Bertz CT molecular complexity index is 678. The molecule has 0 aliphatic carbocycles. The average Bonchev–Trinajstić information content (AvgIpc) is 3.25. The second-order valence-corrected chi connectivity index (χ2v) is 6.40. The number of aryl methyl sites for hydroxylation is 1. The van der Waals surface area contributed by atoms with Gasteiger partial charge in [-0.3, -0.25) is 14.4 Å². The normalized spacial score (nSPS) is 25.7. The Kier molecular flexibility index (Phi) is 3.07. The highest BCUT2D eigenvalue weighted by molar-refractivity contribution is 6.00. The number of hydrogen-bond acceptors (Lipinski definition) is 4. The molecule has 0 N–H and O–H groups in total. The van der Waals surface area contributed by atoms with Crippen molar-refractivity contribution in [2.45, 2.75) is 19.4 Å². The third-order valence-corrected chi connectivity index (χ3v) is 4.91. The zero-order valence-electron chi connectivity index (χ0n) is 12.7. The molecule has 2 aliphatic heterocycles. The number of carbonyl (C=O) groups is 1. The Morgan fingerprint density at radius 2 is 2.23 bits per heavy atom. The van der Waals surface area contributed by atoms with Gasteiger partial charge in [0.05, 0.1) is 30.1 Å². The van der Waals surface area contributed by atoms with Crippen molar-refractivity contribution in [1.29, 1.82) is 0 Å². The number of furan rings is 1. The summed E-state index contributed by atoms with van der Waals surface area (Å²) in [6.45, 7) is 3.35. The Hall–Kier alpha value is -2.08. The molecule has 2 aromatic heterocycles. The van der Waals surface area contributed by atoms with Crippen LogP contribution in [0, 0.1) is 5.41 Å². The summed E-state index contributed by atoms with van der Waals surface area (Å²) < 4.78 is 7.16. The van der Waals surface area contributed by atoms with Crippen molar-refractivity contribution in [1.82, 2.24) is 14.7 Å². The van der Waals surface area contributed by atoms with Gasteiger partial charge in [-0.1, -0.05) is 0 Å². The van der Waals surface area contributed by atoms with Gasteiger partial charge >= 0.3 is 0 Å². The van der Waals surface area contributed by atoms with Crippen molar-refractivity contribution >= 4 is 11.6 Å². The van der Waals surface area contributed by atoms with E-state index in [2.05, 4.69) is 10.00 Å². The summed E-state index contributed by atoms with van der Waals surface area (Å²) in [5.41, 5.74) is 0.691. The van der Waals surface area contributed by atoms with Crippen LogP contribution in [-0.2, 0) is 18.4 Å². The third kappa shape index (κ3) is 2.14. The number of hydrogen-bond donors (Lipinski definition) is 0. The molecule has 6 nitrogen and oxygen atoms in total. The first-order valence-corrected chi connectivity index (χ1v) is 7.72. The lowest BCUT2D eigenvalue weighted by Gasteiger charge is -2.22. The van der Waals surface area contributed by atoms with Crippen LogP contribution in [0.15, 0.2) is 35.2 Å². The molecular weight excluding hydrogens is 280 g/mol. The molecule has 116 valence electrons. The maximum atomic E-state index is 12.9. The molecule has 2 saturated heterocycles. The van der Waals surface area contributed by atoms with Gasteiger partial charge in [-0.25, -0.2) is 0 Å². The van der Waals surface area contributed by atoms with E-state index in [9.17, 15) is 4.79 Å². The smallest absolute Gasteiger partial charge is 0.234 e. The lowest BCUT2D eigenvalue weighted by molar-refractivity contribution is -0.125. The average molecular weight is 300 g/mol. The summed E-state index contributed by atoms with van der Waals surface area (Å²) in [6, 6.07) is 3.90. The lowest BCUT2D eigenvalue weighted by Crippen LogP contribution is -2.36. The first kappa shape index (κ1) is 13.6. The molecule has 4 heterocycles. The summed E-state index contributed by atoms with van der Waals surface area (Å²) in [7, 11) is 1.88. The van der Waals surface area contributed by atoms with Crippen molar-refractivity contribution in [2.24, 2.45) is 12.5 Å². The molecule has 1 spiro atoms. The van der Waals surface area contributed by atoms with Crippen molar-refractivity contribution in [3.63, 3.8) is 0 Å². The minimum atomic E-state index is -0.220. The quantitative estimate of drug-likeness (QED) is 0.865. The van der Waals surface area contributed by atoms with Crippen LogP contribution in [0.2, 0.25) is 0 Å². The van der Waals surface area contributed by atoms with Gasteiger partial charge in [0.2, 0.25) is 5.91 Å². The van der Waals surface area contributed by atoms with Crippen molar-refractivity contribution in [2.75, 3.05) is 24.5 Å². The molecule has 0 bridgehead atoms. The molecule has 1 amide bonds. The zero-order valence-corrected chi connectivity index (χ0v) is 12.7. The predicted octanol–water partition coefficient (Wildman–Crippen LogP) is 1.64. The van der Waals surface area contributed by atoms with Gasteiger partial charge in [-0.05, 0) is 31.5 Å². The zero-order chi connectivity index (χ0) is 15.2. The number of rotatable bonds is 3. The number of nitrogens with zero attached hydrogens (tertiary/aromatic N) is 4. The second kappa shape index (κ2) is 4.98. The van der Waals surface area contributed by atoms with Crippen LogP contribution >= 0.6 is 0 Å². The molecule has 2 aromatic rings. The van der Waals surface area contributed by atoms with E-state index in [1.807, 2.05) is 30.3 Å². The van der Waals surface area contributed by atoms with E-state index >= 15 is 0 Å². The number of carbonyl (C=O) groups excluding carboxylic acids is 1. The molecule has 1 atom stereocenters. The molecular formula is C16H20N4O2. The first-order chi connectivity index (χ1) is 10.7. The highest BCUT2D eigenvalue weighted by atomic mass is 16.3. The summed E-state index contributed by atoms with van der Waals surface area (Å²) in [4.78, 5) is 17.1. The number of amides is 1. The van der Waals surface area contributed by atoms with Gasteiger partial charge in [0.1, 0.15) is 5.76 Å². The Morgan fingerprint density at radius 3 is 2.95 bits per heavy atom. The van der Waals surface area contributed by atoms with Crippen LogP contribution in [0.3, 0.4) is 0 Å². The van der Waals surface area contributed by atoms with E-state index in [0.717, 1.165) is 50.5 Å². The van der Waals surface area contributed by atoms with Gasteiger partial charge in [0.15, 0.2) is 0 Å². The highest BCUT2D eigenvalue weighted by Crippen LogP contribution is 2.42. The minimum Gasteiger partial charge on any atom is -0.468 e. The maximum Gasteiger partial charge on any atom is 0.234 e. The van der Waals surface area contributed by atoms with Crippen LogP contribution < -0.4 is 4.90 Å². The van der Waals surface area contributed by atoms with E-state index in [4.69, 9.17) is 4.42 Å².